The van der Waals surface area contributed by atoms with Crippen molar-refractivity contribution in [2.45, 2.75) is 6.42 Å². The molecule has 0 radical (unpaired) electrons. The standard InChI is InChI=1S/C15H19N3O3/c19-14(18-6-4-16-5-7-18)10-17-15(20)12-1-2-13-11(9-12)3-8-21-13/h1-2,9,16H,3-8,10H2,(H,17,20). The van der Waals surface area contributed by atoms with Crippen LogP contribution in [0.3, 0.4) is 0 Å². The van der Waals surface area contributed by atoms with E-state index in [1.807, 2.05) is 12.1 Å². The van der Waals surface area contributed by atoms with Gasteiger partial charge in [0.15, 0.2) is 0 Å². The molecule has 0 aromatic heterocycles. The van der Waals surface area contributed by atoms with Crippen molar-refractivity contribution in [3.63, 3.8) is 0 Å². The topological polar surface area (TPSA) is 70.7 Å². The van der Waals surface area contributed by atoms with Crippen molar-refractivity contribution >= 4 is 11.8 Å². The van der Waals surface area contributed by atoms with Gasteiger partial charge in [0.25, 0.3) is 5.91 Å². The second kappa shape index (κ2) is 6.13. The number of piperazine rings is 1. The lowest BCUT2D eigenvalue weighted by molar-refractivity contribution is -0.130. The van der Waals surface area contributed by atoms with Gasteiger partial charge in [0, 0.05) is 38.2 Å². The number of nitrogens with zero attached hydrogens (tertiary/aromatic N) is 1. The molecule has 1 aromatic carbocycles. The molecule has 0 saturated carbocycles. The van der Waals surface area contributed by atoms with Gasteiger partial charge in [-0.3, -0.25) is 9.59 Å². The van der Waals surface area contributed by atoms with Crippen LogP contribution < -0.4 is 15.4 Å². The Labute approximate surface area is 123 Å². The van der Waals surface area contributed by atoms with Crippen LogP contribution in [0.2, 0.25) is 0 Å². The molecule has 2 N–H and O–H groups in total. The Hall–Kier alpha value is -2.08. The average molecular weight is 289 g/mol. The lowest BCUT2D eigenvalue weighted by Crippen LogP contribution is -2.49. The molecule has 6 nitrogen and oxygen atoms in total. The number of carbonyl (C=O) groups is 2. The van der Waals surface area contributed by atoms with E-state index in [-0.39, 0.29) is 18.4 Å². The lowest BCUT2D eigenvalue weighted by atomic mass is 10.1. The van der Waals surface area contributed by atoms with E-state index in [1.165, 1.54) is 0 Å². The van der Waals surface area contributed by atoms with Gasteiger partial charge in [0.05, 0.1) is 13.2 Å². The largest absolute Gasteiger partial charge is 0.493 e. The van der Waals surface area contributed by atoms with Gasteiger partial charge in [-0.15, -0.1) is 0 Å². The first kappa shape index (κ1) is 13.9. The minimum Gasteiger partial charge on any atom is -0.493 e. The van der Waals surface area contributed by atoms with Gasteiger partial charge in [-0.1, -0.05) is 0 Å². The van der Waals surface area contributed by atoms with Crippen LogP contribution in [0.25, 0.3) is 0 Å². The molecule has 21 heavy (non-hydrogen) atoms. The van der Waals surface area contributed by atoms with E-state index in [4.69, 9.17) is 4.74 Å². The molecular weight excluding hydrogens is 270 g/mol. The zero-order valence-electron chi connectivity index (χ0n) is 11.9. The zero-order chi connectivity index (χ0) is 14.7. The molecule has 112 valence electrons. The highest BCUT2D eigenvalue weighted by molar-refractivity contribution is 5.96. The van der Waals surface area contributed by atoms with Gasteiger partial charge in [-0.05, 0) is 23.8 Å². The third-order valence-corrected chi connectivity index (χ3v) is 3.82. The third kappa shape index (κ3) is 3.16. The molecule has 0 spiro atoms. The van der Waals surface area contributed by atoms with Crippen LogP contribution in [-0.2, 0) is 11.2 Å². The van der Waals surface area contributed by atoms with Crippen molar-refractivity contribution in [1.82, 2.24) is 15.5 Å². The molecule has 3 rings (SSSR count). The molecule has 2 aliphatic heterocycles. The number of rotatable bonds is 3. The smallest absolute Gasteiger partial charge is 0.251 e. The molecule has 2 aliphatic rings. The first-order valence-corrected chi connectivity index (χ1v) is 7.26. The highest BCUT2D eigenvalue weighted by Gasteiger charge is 2.18. The molecule has 1 fully saturated rings. The van der Waals surface area contributed by atoms with Gasteiger partial charge < -0.3 is 20.3 Å². The molecule has 0 atom stereocenters. The Morgan fingerprint density at radius 3 is 2.90 bits per heavy atom. The maximum atomic E-state index is 12.1. The summed E-state index contributed by atoms with van der Waals surface area (Å²) < 4.78 is 5.41. The monoisotopic (exact) mass is 289 g/mol. The molecule has 6 heteroatoms. The summed E-state index contributed by atoms with van der Waals surface area (Å²) in [7, 11) is 0. The minimum atomic E-state index is -0.215. The fourth-order valence-corrected chi connectivity index (χ4v) is 2.61. The molecule has 0 unspecified atom stereocenters. The van der Waals surface area contributed by atoms with E-state index in [2.05, 4.69) is 10.6 Å². The van der Waals surface area contributed by atoms with Crippen LogP contribution in [0.1, 0.15) is 15.9 Å². The number of fused-ring (bicyclic) bond motifs is 1. The van der Waals surface area contributed by atoms with Crippen LogP contribution in [-0.4, -0.2) is 56.0 Å². The molecule has 0 aliphatic carbocycles. The Bertz CT molecular complexity index is 553. The molecule has 1 aromatic rings. The number of nitrogens with one attached hydrogen (secondary N) is 2. The Kier molecular flexibility index (Phi) is 4.06. The number of amides is 2. The van der Waals surface area contributed by atoms with Gasteiger partial charge in [-0.2, -0.15) is 0 Å². The molecular formula is C15H19N3O3. The van der Waals surface area contributed by atoms with Crippen molar-refractivity contribution < 1.29 is 14.3 Å². The van der Waals surface area contributed by atoms with E-state index in [1.54, 1.807) is 11.0 Å². The van der Waals surface area contributed by atoms with Gasteiger partial charge in [0.2, 0.25) is 5.91 Å². The van der Waals surface area contributed by atoms with Crippen LogP contribution >= 0.6 is 0 Å². The second-order valence-electron chi connectivity index (χ2n) is 5.23. The second-order valence-corrected chi connectivity index (χ2v) is 5.23. The van der Waals surface area contributed by atoms with Crippen LogP contribution in [0.4, 0.5) is 0 Å². The van der Waals surface area contributed by atoms with Crippen LogP contribution in [0, 0.1) is 0 Å². The van der Waals surface area contributed by atoms with Crippen molar-refractivity contribution in [3.8, 4) is 5.75 Å². The first-order valence-electron chi connectivity index (χ1n) is 7.26. The highest BCUT2D eigenvalue weighted by atomic mass is 16.5. The van der Waals surface area contributed by atoms with E-state index in [0.717, 1.165) is 30.8 Å². The minimum absolute atomic E-state index is 0.0330. The SMILES string of the molecule is O=C(NCC(=O)N1CCNCC1)c1ccc2c(c1)CCO2. The Morgan fingerprint density at radius 2 is 2.10 bits per heavy atom. The van der Waals surface area contributed by atoms with E-state index in [0.29, 0.717) is 25.3 Å². The van der Waals surface area contributed by atoms with E-state index in [9.17, 15) is 9.59 Å². The van der Waals surface area contributed by atoms with Crippen molar-refractivity contribution in [2.75, 3.05) is 39.3 Å². The van der Waals surface area contributed by atoms with Crippen molar-refractivity contribution in [3.05, 3.63) is 29.3 Å². The van der Waals surface area contributed by atoms with E-state index < -0.39 is 0 Å². The molecule has 2 amide bonds. The van der Waals surface area contributed by atoms with Crippen molar-refractivity contribution in [2.24, 2.45) is 0 Å². The fraction of sp³-hybridized carbons (Fsp3) is 0.467. The number of hydrogen-bond donors (Lipinski definition) is 2. The summed E-state index contributed by atoms with van der Waals surface area (Å²) in [5, 5.41) is 5.89. The average Bonchev–Trinajstić information content (AvgIpc) is 3.00. The summed E-state index contributed by atoms with van der Waals surface area (Å²) in [6.07, 6.45) is 0.830. The third-order valence-electron chi connectivity index (χ3n) is 3.82. The lowest BCUT2D eigenvalue weighted by Gasteiger charge is -2.27. The predicted octanol–water partition coefficient (Wildman–Crippen LogP) is -0.217. The summed E-state index contributed by atoms with van der Waals surface area (Å²) in [4.78, 5) is 25.9. The summed E-state index contributed by atoms with van der Waals surface area (Å²) >= 11 is 0. The number of carbonyl (C=O) groups excluding carboxylic acids is 2. The summed E-state index contributed by atoms with van der Waals surface area (Å²) in [5.74, 6) is 0.603. The van der Waals surface area contributed by atoms with Gasteiger partial charge >= 0.3 is 0 Å². The van der Waals surface area contributed by atoms with E-state index >= 15 is 0 Å². The van der Waals surface area contributed by atoms with Crippen LogP contribution in [0.15, 0.2) is 18.2 Å². The molecule has 2 heterocycles. The number of hydrogen-bond acceptors (Lipinski definition) is 4. The molecule has 0 bridgehead atoms. The molecule has 1 saturated heterocycles. The van der Waals surface area contributed by atoms with Crippen molar-refractivity contribution in [1.29, 1.82) is 0 Å². The maximum Gasteiger partial charge on any atom is 0.251 e. The van der Waals surface area contributed by atoms with Gasteiger partial charge in [-0.25, -0.2) is 0 Å². The summed E-state index contributed by atoms with van der Waals surface area (Å²) in [6.45, 7) is 3.74. The zero-order valence-corrected chi connectivity index (χ0v) is 11.9. The predicted molar refractivity (Wildman–Crippen MR) is 77.4 cm³/mol. The number of benzene rings is 1. The first-order chi connectivity index (χ1) is 10.2. The summed E-state index contributed by atoms with van der Waals surface area (Å²) in [5.41, 5.74) is 1.63. The summed E-state index contributed by atoms with van der Waals surface area (Å²) in [6, 6.07) is 5.39. The Morgan fingerprint density at radius 1 is 1.29 bits per heavy atom. The highest BCUT2D eigenvalue weighted by Crippen LogP contribution is 2.25. The van der Waals surface area contributed by atoms with Crippen LogP contribution in [0.5, 0.6) is 5.75 Å². The Balaban J connectivity index is 1.55. The number of ether oxygens (including phenoxy) is 1. The maximum absolute atomic E-state index is 12.1. The fourth-order valence-electron chi connectivity index (χ4n) is 2.61. The normalized spacial score (nSPS) is 17.0. The quantitative estimate of drug-likeness (QED) is 0.807. The van der Waals surface area contributed by atoms with Gasteiger partial charge in [0.1, 0.15) is 5.75 Å².